The Bertz CT molecular complexity index is 653. The van der Waals surface area contributed by atoms with E-state index in [1.165, 1.54) is 4.90 Å². The van der Waals surface area contributed by atoms with Crippen molar-refractivity contribution >= 4 is 39.5 Å². The van der Waals surface area contributed by atoms with Gasteiger partial charge in [0.2, 0.25) is 11.9 Å². The summed E-state index contributed by atoms with van der Waals surface area (Å²) in [6.45, 7) is 0.304. The van der Waals surface area contributed by atoms with Gasteiger partial charge >= 0.3 is 6.03 Å². The molecule has 0 aliphatic carbocycles. The maximum absolute atomic E-state index is 11.7. The molecule has 0 saturated carbocycles. The van der Waals surface area contributed by atoms with Crippen LogP contribution >= 0.6 is 15.9 Å². The van der Waals surface area contributed by atoms with E-state index in [-0.39, 0.29) is 12.3 Å². The van der Waals surface area contributed by atoms with Crippen LogP contribution in [0.5, 0.6) is 0 Å². The smallest absolute Gasteiger partial charge is 0.278 e. The topological polar surface area (TPSA) is 79.6 Å². The van der Waals surface area contributed by atoms with Gasteiger partial charge in [-0.25, -0.2) is 4.79 Å². The van der Waals surface area contributed by atoms with E-state index in [9.17, 15) is 9.59 Å². The van der Waals surface area contributed by atoms with E-state index in [0.29, 0.717) is 18.1 Å². The van der Waals surface area contributed by atoms with Gasteiger partial charge in [0.15, 0.2) is 5.65 Å². The third kappa shape index (κ3) is 1.65. The molecule has 3 rings (SSSR count). The third-order valence-corrected chi connectivity index (χ3v) is 3.28. The summed E-state index contributed by atoms with van der Waals surface area (Å²) >= 11 is 3.36. The van der Waals surface area contributed by atoms with Crippen molar-refractivity contribution in [3.63, 3.8) is 0 Å². The summed E-state index contributed by atoms with van der Waals surface area (Å²) in [4.78, 5) is 24.2. The lowest BCUT2D eigenvalue weighted by molar-refractivity contribution is -0.120. The summed E-state index contributed by atoms with van der Waals surface area (Å²) in [6, 6.07) is 3.19. The first kappa shape index (κ1) is 11.1. The second-order valence-corrected chi connectivity index (χ2v) is 4.66. The number of carbonyl (C=O) groups excluding carboxylic acids is 2. The molecule has 92 valence electrons. The van der Waals surface area contributed by atoms with Crippen LogP contribution in [0.2, 0.25) is 0 Å². The van der Waals surface area contributed by atoms with Crippen LogP contribution in [0.1, 0.15) is 6.42 Å². The molecular formula is C10H8BrN5O2. The van der Waals surface area contributed by atoms with E-state index in [4.69, 9.17) is 0 Å². The van der Waals surface area contributed by atoms with Gasteiger partial charge in [-0.15, -0.1) is 10.2 Å². The molecule has 3 amide bonds. The summed E-state index contributed by atoms with van der Waals surface area (Å²) in [7, 11) is 0. The third-order valence-electron chi connectivity index (χ3n) is 2.66. The number of carbonyl (C=O) groups is 2. The molecule has 1 N–H and O–H groups in total. The van der Waals surface area contributed by atoms with Crippen molar-refractivity contribution in [3.05, 3.63) is 22.8 Å². The second-order valence-electron chi connectivity index (χ2n) is 3.80. The zero-order valence-electron chi connectivity index (χ0n) is 9.13. The molecule has 1 aliphatic rings. The van der Waals surface area contributed by atoms with Crippen molar-refractivity contribution in [1.82, 2.24) is 19.9 Å². The molecule has 0 atom stereocenters. The van der Waals surface area contributed by atoms with E-state index >= 15 is 0 Å². The lowest BCUT2D eigenvalue weighted by atomic mass is 10.3. The Balaban J connectivity index is 2.07. The molecule has 0 bridgehead atoms. The Morgan fingerprint density at radius 2 is 2.17 bits per heavy atom. The maximum Gasteiger partial charge on any atom is 0.330 e. The Kier molecular flexibility index (Phi) is 2.51. The number of aromatic nitrogens is 3. The van der Waals surface area contributed by atoms with Gasteiger partial charge in [-0.3, -0.25) is 19.4 Å². The molecular weight excluding hydrogens is 302 g/mol. The fourth-order valence-electron chi connectivity index (χ4n) is 1.81. The first-order chi connectivity index (χ1) is 8.66. The quantitative estimate of drug-likeness (QED) is 0.850. The molecule has 0 aromatic carbocycles. The van der Waals surface area contributed by atoms with Crippen LogP contribution in [0.4, 0.5) is 10.7 Å². The minimum Gasteiger partial charge on any atom is -0.278 e. The number of amides is 3. The van der Waals surface area contributed by atoms with Gasteiger partial charge in [-0.1, -0.05) is 0 Å². The number of nitrogens with zero attached hydrogens (tertiary/aromatic N) is 4. The van der Waals surface area contributed by atoms with E-state index in [1.807, 2.05) is 12.1 Å². The summed E-state index contributed by atoms with van der Waals surface area (Å²) in [5, 5.41) is 10.3. The zero-order chi connectivity index (χ0) is 12.7. The van der Waals surface area contributed by atoms with Crippen molar-refractivity contribution in [2.75, 3.05) is 11.4 Å². The van der Waals surface area contributed by atoms with Crippen molar-refractivity contribution < 1.29 is 9.59 Å². The van der Waals surface area contributed by atoms with Crippen molar-refractivity contribution in [1.29, 1.82) is 0 Å². The number of fused-ring (bicyclic) bond motifs is 1. The molecule has 0 unspecified atom stereocenters. The zero-order valence-corrected chi connectivity index (χ0v) is 10.7. The predicted molar refractivity (Wildman–Crippen MR) is 66.2 cm³/mol. The van der Waals surface area contributed by atoms with Gasteiger partial charge in [0, 0.05) is 19.2 Å². The molecule has 2 aromatic heterocycles. The Hall–Kier alpha value is -1.96. The first-order valence-electron chi connectivity index (χ1n) is 5.27. The highest BCUT2D eigenvalue weighted by Crippen LogP contribution is 2.21. The van der Waals surface area contributed by atoms with Crippen LogP contribution in [-0.2, 0) is 4.79 Å². The minimum atomic E-state index is -0.472. The van der Waals surface area contributed by atoms with E-state index in [1.54, 1.807) is 10.6 Å². The Morgan fingerprint density at radius 3 is 2.94 bits per heavy atom. The number of rotatable bonds is 1. The second kappa shape index (κ2) is 4.05. The molecule has 2 aromatic rings. The van der Waals surface area contributed by atoms with Gasteiger partial charge in [0.1, 0.15) is 0 Å². The lowest BCUT2D eigenvalue weighted by Gasteiger charge is -2.24. The molecule has 18 heavy (non-hydrogen) atoms. The lowest BCUT2D eigenvalue weighted by Crippen LogP contribution is -2.50. The highest BCUT2D eigenvalue weighted by molar-refractivity contribution is 9.10. The van der Waals surface area contributed by atoms with Gasteiger partial charge < -0.3 is 0 Å². The molecule has 1 saturated heterocycles. The normalized spacial score (nSPS) is 16.2. The Labute approximate surface area is 110 Å². The summed E-state index contributed by atoms with van der Waals surface area (Å²) < 4.78 is 2.48. The summed E-state index contributed by atoms with van der Waals surface area (Å²) in [6.07, 6.45) is 2.02. The summed E-state index contributed by atoms with van der Waals surface area (Å²) in [5.41, 5.74) is 0.622. The number of urea groups is 1. The number of anilines is 1. The van der Waals surface area contributed by atoms with Crippen molar-refractivity contribution in [3.8, 4) is 0 Å². The SMILES string of the molecule is O=C1CCN(c2nnc3c(Br)cccn23)C(=O)N1. The van der Waals surface area contributed by atoms with Crippen LogP contribution in [0, 0.1) is 0 Å². The van der Waals surface area contributed by atoms with Gasteiger partial charge in [-0.05, 0) is 28.1 Å². The molecule has 8 heteroatoms. The molecule has 0 radical (unpaired) electrons. The number of nitrogens with one attached hydrogen (secondary N) is 1. The fraction of sp³-hybridized carbons (Fsp3) is 0.200. The first-order valence-corrected chi connectivity index (χ1v) is 6.07. The highest BCUT2D eigenvalue weighted by atomic mass is 79.9. The van der Waals surface area contributed by atoms with E-state index < -0.39 is 6.03 Å². The maximum atomic E-state index is 11.7. The number of pyridine rings is 1. The average Bonchev–Trinajstić information content (AvgIpc) is 2.74. The van der Waals surface area contributed by atoms with Gasteiger partial charge in [0.05, 0.1) is 4.47 Å². The van der Waals surface area contributed by atoms with Crippen LogP contribution < -0.4 is 10.2 Å². The van der Waals surface area contributed by atoms with Crippen LogP contribution in [0.3, 0.4) is 0 Å². The van der Waals surface area contributed by atoms with Crippen molar-refractivity contribution in [2.45, 2.75) is 6.42 Å². The summed E-state index contributed by atoms with van der Waals surface area (Å²) in [5.74, 6) is 0.127. The number of hydrogen-bond donors (Lipinski definition) is 1. The fourth-order valence-corrected chi connectivity index (χ4v) is 2.23. The van der Waals surface area contributed by atoms with Crippen LogP contribution in [0.15, 0.2) is 22.8 Å². The number of halogens is 1. The predicted octanol–water partition coefficient (Wildman–Crippen LogP) is 0.938. The average molecular weight is 310 g/mol. The molecule has 3 heterocycles. The molecule has 1 fully saturated rings. The number of imide groups is 1. The monoisotopic (exact) mass is 309 g/mol. The highest BCUT2D eigenvalue weighted by Gasteiger charge is 2.27. The molecule has 0 spiro atoms. The van der Waals surface area contributed by atoms with E-state index in [2.05, 4.69) is 31.4 Å². The molecule has 1 aliphatic heterocycles. The van der Waals surface area contributed by atoms with Crippen LogP contribution in [-0.4, -0.2) is 33.1 Å². The van der Waals surface area contributed by atoms with Crippen molar-refractivity contribution in [2.24, 2.45) is 0 Å². The minimum absolute atomic E-state index is 0.259. The van der Waals surface area contributed by atoms with Gasteiger partial charge in [0.25, 0.3) is 0 Å². The standard InChI is InChI=1S/C10H8BrN5O2/c11-6-2-1-4-15-8(6)13-14-9(15)16-5-3-7(17)12-10(16)18/h1-2,4H,3,5H2,(H,12,17,18). The van der Waals surface area contributed by atoms with Gasteiger partial charge in [-0.2, -0.15) is 0 Å². The Morgan fingerprint density at radius 1 is 1.33 bits per heavy atom. The number of hydrogen-bond acceptors (Lipinski definition) is 4. The molecule has 7 nitrogen and oxygen atoms in total. The largest absolute Gasteiger partial charge is 0.330 e. The van der Waals surface area contributed by atoms with Crippen LogP contribution in [0.25, 0.3) is 5.65 Å². The van der Waals surface area contributed by atoms with E-state index in [0.717, 1.165) is 4.47 Å².